The van der Waals surface area contributed by atoms with Crippen molar-refractivity contribution in [2.24, 2.45) is 40.1 Å². The zero-order valence-corrected chi connectivity index (χ0v) is 13.2. The van der Waals surface area contributed by atoms with Crippen LogP contribution in [0.25, 0.3) is 0 Å². The van der Waals surface area contributed by atoms with Crippen LogP contribution in [0.5, 0.6) is 0 Å². The highest BCUT2D eigenvalue weighted by Gasteiger charge is 2.31. The third kappa shape index (κ3) is 6.15. The molecule has 0 heterocycles. The average Bonchev–Trinajstić information content (AvgIpc) is 2.32. The van der Waals surface area contributed by atoms with E-state index >= 15 is 0 Å². The topological polar surface area (TPSA) is 182 Å². The first-order valence-electron chi connectivity index (χ1n) is 7.94. The van der Waals surface area contributed by atoms with E-state index in [2.05, 4.69) is 0 Å². The van der Waals surface area contributed by atoms with Crippen LogP contribution in [0.1, 0.15) is 45.4 Å². The van der Waals surface area contributed by atoms with Crippen LogP contribution in [0.3, 0.4) is 0 Å². The van der Waals surface area contributed by atoms with Gasteiger partial charge in [0, 0.05) is 41.8 Å². The maximum Gasteiger partial charge on any atom is 0.0293 e. The van der Waals surface area contributed by atoms with Crippen molar-refractivity contribution in [3.63, 3.8) is 0 Å². The molecular weight excluding hydrogens is 266 g/mol. The van der Waals surface area contributed by atoms with Crippen molar-refractivity contribution < 1.29 is 0 Å². The summed E-state index contributed by atoms with van der Waals surface area (Å²) in [5.41, 5.74) is 42.7. The second-order valence-corrected chi connectivity index (χ2v) is 7.21. The average molecular weight is 301 g/mol. The van der Waals surface area contributed by atoms with E-state index in [1.807, 2.05) is 6.92 Å². The number of hydrogen-bond donors (Lipinski definition) is 7. The van der Waals surface area contributed by atoms with E-state index in [1.54, 1.807) is 0 Å². The maximum absolute atomic E-state index is 6.34. The molecule has 21 heavy (non-hydrogen) atoms. The first kappa shape index (κ1) is 18.8. The normalized spacial score (nSPS) is 48.0. The van der Waals surface area contributed by atoms with Gasteiger partial charge in [-0.15, -0.1) is 0 Å². The Morgan fingerprint density at radius 3 is 1.86 bits per heavy atom. The SMILES string of the molecule is CC1(N)CC(N)CC(N)CC(N)CC(N)C(N)CCC1N. The smallest absolute Gasteiger partial charge is 0.0293 e. The molecule has 0 aliphatic heterocycles. The van der Waals surface area contributed by atoms with Gasteiger partial charge in [0.05, 0.1) is 0 Å². The predicted molar refractivity (Wildman–Crippen MR) is 88.1 cm³/mol. The van der Waals surface area contributed by atoms with Gasteiger partial charge in [-0.05, 0) is 45.4 Å². The van der Waals surface area contributed by atoms with E-state index in [0.29, 0.717) is 25.7 Å². The molecule has 7 unspecified atom stereocenters. The van der Waals surface area contributed by atoms with Crippen LogP contribution in [-0.4, -0.2) is 41.8 Å². The molecule has 1 rings (SSSR count). The Hall–Kier alpha value is -0.280. The van der Waals surface area contributed by atoms with Crippen molar-refractivity contribution in [2.75, 3.05) is 0 Å². The minimum Gasteiger partial charge on any atom is -0.328 e. The summed E-state index contributed by atoms with van der Waals surface area (Å²) in [5.74, 6) is 0. The van der Waals surface area contributed by atoms with E-state index in [0.717, 1.165) is 12.8 Å². The fraction of sp³-hybridized carbons (Fsp3) is 1.00. The number of rotatable bonds is 0. The van der Waals surface area contributed by atoms with Gasteiger partial charge in [-0.3, -0.25) is 0 Å². The standard InChI is InChI=1S/C14H35N7/c1-14(21)7-10(17)5-8(15)4-9(16)6-12(19)11(18)2-3-13(14)20/h8-13H,2-7,15-21H2,1H3. The third-order valence-corrected chi connectivity index (χ3v) is 4.70. The molecule has 1 saturated carbocycles. The molecule has 0 saturated heterocycles. The van der Waals surface area contributed by atoms with Gasteiger partial charge >= 0.3 is 0 Å². The zero-order valence-electron chi connectivity index (χ0n) is 13.2. The lowest BCUT2D eigenvalue weighted by molar-refractivity contribution is 0.291. The molecule has 0 aromatic rings. The first-order chi connectivity index (χ1) is 9.61. The lowest BCUT2D eigenvalue weighted by atomic mass is 9.82. The van der Waals surface area contributed by atoms with Crippen LogP contribution in [0.2, 0.25) is 0 Å². The minimum absolute atomic E-state index is 0.0491. The highest BCUT2D eigenvalue weighted by molar-refractivity contribution is 4.95. The molecule has 0 amide bonds. The number of hydrogen-bond acceptors (Lipinski definition) is 7. The summed E-state index contributed by atoms with van der Waals surface area (Å²) in [7, 11) is 0. The number of nitrogens with two attached hydrogens (primary N) is 7. The Morgan fingerprint density at radius 2 is 1.24 bits per heavy atom. The van der Waals surface area contributed by atoms with E-state index in [-0.39, 0.29) is 36.3 Å². The summed E-state index contributed by atoms with van der Waals surface area (Å²) in [4.78, 5) is 0. The van der Waals surface area contributed by atoms with Crippen LogP contribution in [-0.2, 0) is 0 Å². The molecule has 14 N–H and O–H groups in total. The van der Waals surface area contributed by atoms with Crippen molar-refractivity contribution in [3.05, 3.63) is 0 Å². The molecule has 1 fully saturated rings. The fourth-order valence-electron chi connectivity index (χ4n) is 3.21. The van der Waals surface area contributed by atoms with Crippen molar-refractivity contribution in [2.45, 2.75) is 87.2 Å². The van der Waals surface area contributed by atoms with Crippen molar-refractivity contribution in [3.8, 4) is 0 Å². The lowest BCUT2D eigenvalue weighted by Crippen LogP contribution is -2.56. The molecule has 126 valence electrons. The Balaban J connectivity index is 2.80. The molecule has 0 bridgehead atoms. The highest BCUT2D eigenvalue weighted by atomic mass is 14.9. The van der Waals surface area contributed by atoms with Crippen molar-refractivity contribution in [1.82, 2.24) is 0 Å². The van der Waals surface area contributed by atoms with Gasteiger partial charge in [0.25, 0.3) is 0 Å². The minimum atomic E-state index is -0.529. The van der Waals surface area contributed by atoms with Gasteiger partial charge in [0.15, 0.2) is 0 Å². The molecule has 7 nitrogen and oxygen atoms in total. The van der Waals surface area contributed by atoms with E-state index < -0.39 is 5.54 Å². The molecule has 7 atom stereocenters. The van der Waals surface area contributed by atoms with Crippen LogP contribution >= 0.6 is 0 Å². The second-order valence-electron chi connectivity index (χ2n) is 7.21. The van der Waals surface area contributed by atoms with Crippen LogP contribution in [0.15, 0.2) is 0 Å². The van der Waals surface area contributed by atoms with Crippen molar-refractivity contribution in [1.29, 1.82) is 0 Å². The van der Waals surface area contributed by atoms with Gasteiger partial charge in [0.1, 0.15) is 0 Å². The Morgan fingerprint density at radius 1 is 0.714 bits per heavy atom. The molecule has 0 aromatic carbocycles. The molecule has 0 aromatic heterocycles. The van der Waals surface area contributed by atoms with Crippen LogP contribution in [0, 0.1) is 0 Å². The van der Waals surface area contributed by atoms with Crippen molar-refractivity contribution >= 4 is 0 Å². The molecule has 0 radical (unpaired) electrons. The lowest BCUT2D eigenvalue weighted by Gasteiger charge is -2.35. The summed E-state index contributed by atoms with van der Waals surface area (Å²) in [5, 5.41) is 0. The van der Waals surface area contributed by atoms with E-state index in [4.69, 9.17) is 40.1 Å². The Bertz CT molecular complexity index is 310. The molecule has 1 aliphatic carbocycles. The predicted octanol–water partition coefficient (Wildman–Crippen LogP) is -1.98. The summed E-state index contributed by atoms with van der Waals surface area (Å²) in [6.45, 7) is 1.94. The fourth-order valence-corrected chi connectivity index (χ4v) is 3.21. The summed E-state index contributed by atoms with van der Waals surface area (Å²) < 4.78 is 0. The second kappa shape index (κ2) is 7.82. The molecule has 0 spiro atoms. The zero-order chi connectivity index (χ0) is 16.2. The summed E-state index contributed by atoms with van der Waals surface area (Å²) in [6.07, 6.45) is 4.16. The van der Waals surface area contributed by atoms with Crippen LogP contribution < -0.4 is 40.1 Å². The maximum atomic E-state index is 6.34. The first-order valence-corrected chi connectivity index (χ1v) is 7.94. The van der Waals surface area contributed by atoms with Crippen LogP contribution in [0.4, 0.5) is 0 Å². The Kier molecular flexibility index (Phi) is 6.99. The monoisotopic (exact) mass is 301 g/mol. The third-order valence-electron chi connectivity index (χ3n) is 4.70. The molecule has 1 aliphatic rings. The van der Waals surface area contributed by atoms with E-state index in [9.17, 15) is 0 Å². The van der Waals surface area contributed by atoms with Gasteiger partial charge in [0.2, 0.25) is 0 Å². The summed E-state index contributed by atoms with van der Waals surface area (Å²) in [6, 6.07) is -0.594. The van der Waals surface area contributed by atoms with E-state index in [1.165, 1.54) is 0 Å². The highest BCUT2D eigenvalue weighted by Crippen LogP contribution is 2.20. The van der Waals surface area contributed by atoms with Gasteiger partial charge < -0.3 is 40.1 Å². The quantitative estimate of drug-likeness (QED) is 0.270. The van der Waals surface area contributed by atoms with Gasteiger partial charge in [-0.1, -0.05) is 0 Å². The Labute approximate surface area is 128 Å². The molecule has 7 heteroatoms. The summed E-state index contributed by atoms with van der Waals surface area (Å²) >= 11 is 0. The largest absolute Gasteiger partial charge is 0.328 e. The van der Waals surface area contributed by atoms with Gasteiger partial charge in [-0.25, -0.2) is 0 Å². The molecular formula is C14H35N7. The van der Waals surface area contributed by atoms with Gasteiger partial charge in [-0.2, -0.15) is 0 Å².